The molecule has 0 unspecified atom stereocenters. The van der Waals surface area contributed by atoms with Crippen LogP contribution in [0.1, 0.15) is 0 Å². The van der Waals surface area contributed by atoms with E-state index in [0.29, 0.717) is 32.9 Å². The molecule has 0 amide bonds. The average Bonchev–Trinajstić information content (AvgIpc) is 2.70. The van der Waals surface area contributed by atoms with E-state index in [0.717, 1.165) is 5.56 Å². The van der Waals surface area contributed by atoms with Crippen LogP contribution in [0.15, 0.2) is 82.4 Å². The van der Waals surface area contributed by atoms with Crippen LogP contribution in [0.25, 0.3) is 38.4 Å². The first-order valence-electron chi connectivity index (χ1n) is 8.49. The Hall–Kier alpha value is -3.73. The molecule has 0 saturated carbocycles. The molecule has 0 aliphatic carbocycles. The van der Waals surface area contributed by atoms with Gasteiger partial charge in [-0.2, -0.15) is 0 Å². The van der Waals surface area contributed by atoms with Gasteiger partial charge in [0.1, 0.15) is 11.5 Å². The van der Waals surface area contributed by atoms with Crippen molar-refractivity contribution in [3.05, 3.63) is 99.3 Å². The van der Waals surface area contributed by atoms with E-state index in [2.05, 4.69) is 4.98 Å². The van der Waals surface area contributed by atoms with Gasteiger partial charge in [-0.25, -0.2) is 4.39 Å². The van der Waals surface area contributed by atoms with Gasteiger partial charge in [0, 0.05) is 10.9 Å². The van der Waals surface area contributed by atoms with Gasteiger partial charge in [-0.05, 0) is 41.3 Å². The lowest BCUT2D eigenvalue weighted by Crippen LogP contribution is -2.21. The van der Waals surface area contributed by atoms with Gasteiger partial charge in [-0.15, -0.1) is 0 Å². The maximum absolute atomic E-state index is 13.5. The largest absolute Gasteiger partial charge is 0.307 e. The van der Waals surface area contributed by atoms with Crippen molar-refractivity contribution in [2.45, 2.75) is 0 Å². The molecule has 5 heteroatoms. The van der Waals surface area contributed by atoms with Crippen LogP contribution >= 0.6 is 0 Å². The molecule has 5 rings (SSSR count). The zero-order valence-electron chi connectivity index (χ0n) is 14.1. The third kappa shape index (κ3) is 2.22. The number of fused-ring (bicyclic) bond motifs is 4. The van der Waals surface area contributed by atoms with Crippen molar-refractivity contribution in [2.75, 3.05) is 0 Å². The lowest BCUT2D eigenvalue weighted by atomic mass is 9.99. The number of rotatable bonds is 1. The number of H-pyrrole nitrogens is 1. The van der Waals surface area contributed by atoms with Crippen molar-refractivity contribution >= 4 is 27.3 Å². The van der Waals surface area contributed by atoms with Crippen LogP contribution in [0.2, 0.25) is 0 Å². The molecule has 27 heavy (non-hydrogen) atoms. The molecular formula is C22H13FN2O2. The van der Waals surface area contributed by atoms with Crippen molar-refractivity contribution in [3.63, 3.8) is 0 Å². The molecule has 0 fully saturated rings. The Balaban J connectivity index is 2.13. The lowest BCUT2D eigenvalue weighted by Gasteiger charge is -2.14. The average molecular weight is 356 g/mol. The minimum absolute atomic E-state index is 0.209. The number of aromatic nitrogens is 2. The molecule has 4 nitrogen and oxygen atoms in total. The van der Waals surface area contributed by atoms with Crippen molar-refractivity contribution in [1.29, 1.82) is 0 Å². The molecule has 5 aromatic rings. The number of hydrogen-bond donors (Lipinski definition) is 1. The van der Waals surface area contributed by atoms with Gasteiger partial charge in [0.25, 0.3) is 11.1 Å². The van der Waals surface area contributed by atoms with Crippen LogP contribution in [0.5, 0.6) is 0 Å². The van der Waals surface area contributed by atoms with Gasteiger partial charge < -0.3 is 4.98 Å². The monoisotopic (exact) mass is 356 g/mol. The Morgan fingerprint density at radius 3 is 2.11 bits per heavy atom. The normalized spacial score (nSPS) is 11.4. The number of benzene rings is 3. The first-order chi connectivity index (χ1) is 13.1. The summed E-state index contributed by atoms with van der Waals surface area (Å²) in [5.74, 6) is -0.348. The van der Waals surface area contributed by atoms with Crippen LogP contribution < -0.4 is 11.1 Å². The fourth-order valence-corrected chi connectivity index (χ4v) is 3.64. The zero-order valence-corrected chi connectivity index (χ0v) is 14.1. The molecule has 0 spiro atoms. The first kappa shape index (κ1) is 15.5. The Labute approximate surface area is 152 Å². The topological polar surface area (TPSA) is 54.3 Å². The van der Waals surface area contributed by atoms with Crippen molar-refractivity contribution < 1.29 is 4.39 Å². The van der Waals surface area contributed by atoms with E-state index in [1.807, 2.05) is 12.1 Å². The lowest BCUT2D eigenvalue weighted by molar-refractivity contribution is 0.628. The summed E-state index contributed by atoms with van der Waals surface area (Å²) in [6.45, 7) is 0. The molecule has 0 atom stereocenters. The SMILES string of the molecule is O=c1[nH]c2c(-c3ccc(F)cc3)c3ccccc3c(=O)n2c2ccccc12. The molecule has 3 aromatic carbocycles. The van der Waals surface area contributed by atoms with E-state index in [1.165, 1.54) is 16.5 Å². The summed E-state index contributed by atoms with van der Waals surface area (Å²) in [6.07, 6.45) is 0. The molecule has 0 bridgehead atoms. The second-order valence-corrected chi connectivity index (χ2v) is 6.39. The minimum atomic E-state index is -0.348. The quantitative estimate of drug-likeness (QED) is 0.363. The van der Waals surface area contributed by atoms with Crippen molar-refractivity contribution in [1.82, 2.24) is 9.38 Å². The highest BCUT2D eigenvalue weighted by Gasteiger charge is 2.16. The van der Waals surface area contributed by atoms with E-state index in [-0.39, 0.29) is 16.9 Å². The fourth-order valence-electron chi connectivity index (χ4n) is 3.64. The maximum atomic E-state index is 13.5. The van der Waals surface area contributed by atoms with E-state index >= 15 is 0 Å². The molecule has 0 aliphatic rings. The molecule has 2 heterocycles. The van der Waals surface area contributed by atoms with Crippen LogP contribution in [0.3, 0.4) is 0 Å². The zero-order chi connectivity index (χ0) is 18.5. The highest BCUT2D eigenvalue weighted by atomic mass is 19.1. The highest BCUT2D eigenvalue weighted by Crippen LogP contribution is 2.31. The standard InChI is InChI=1S/C22H13FN2O2/c23-14-11-9-13(10-12-14)19-15-5-1-2-6-16(15)22(27)25-18-8-4-3-7-17(18)21(26)24-20(19)25/h1-12H,(H,24,26). The Kier molecular flexibility index (Phi) is 3.24. The van der Waals surface area contributed by atoms with Gasteiger partial charge in [-0.3, -0.25) is 14.0 Å². The third-order valence-electron chi connectivity index (χ3n) is 4.84. The Morgan fingerprint density at radius 2 is 1.37 bits per heavy atom. The highest BCUT2D eigenvalue weighted by molar-refractivity contribution is 6.03. The molecule has 0 radical (unpaired) electrons. The molecule has 0 aliphatic heterocycles. The van der Waals surface area contributed by atoms with Crippen molar-refractivity contribution in [2.24, 2.45) is 0 Å². The van der Waals surface area contributed by atoms with Gasteiger partial charge in [-0.1, -0.05) is 42.5 Å². The maximum Gasteiger partial charge on any atom is 0.264 e. The minimum Gasteiger partial charge on any atom is -0.307 e. The van der Waals surface area contributed by atoms with Gasteiger partial charge in [0.05, 0.1) is 10.9 Å². The van der Waals surface area contributed by atoms with Gasteiger partial charge in [0.2, 0.25) is 0 Å². The number of halogens is 1. The number of aromatic amines is 1. The number of nitrogens with zero attached hydrogens (tertiary/aromatic N) is 1. The van der Waals surface area contributed by atoms with Crippen LogP contribution in [0, 0.1) is 5.82 Å². The van der Waals surface area contributed by atoms with Crippen LogP contribution in [0.4, 0.5) is 4.39 Å². The smallest absolute Gasteiger partial charge is 0.264 e. The first-order valence-corrected chi connectivity index (χ1v) is 8.49. The molecule has 2 aromatic heterocycles. The van der Waals surface area contributed by atoms with E-state index < -0.39 is 0 Å². The van der Waals surface area contributed by atoms with E-state index in [4.69, 9.17) is 0 Å². The predicted octanol–water partition coefficient (Wildman–Crippen LogP) is 4.10. The molecular weight excluding hydrogens is 343 g/mol. The third-order valence-corrected chi connectivity index (χ3v) is 4.84. The number of pyridine rings is 1. The van der Waals surface area contributed by atoms with Crippen LogP contribution in [-0.4, -0.2) is 9.38 Å². The predicted molar refractivity (Wildman–Crippen MR) is 105 cm³/mol. The summed E-state index contributed by atoms with van der Waals surface area (Å²) < 4.78 is 15.0. The van der Waals surface area contributed by atoms with E-state index in [1.54, 1.807) is 48.5 Å². The summed E-state index contributed by atoms with van der Waals surface area (Å²) in [7, 11) is 0. The van der Waals surface area contributed by atoms with E-state index in [9.17, 15) is 14.0 Å². The second kappa shape index (κ2) is 5.64. The summed E-state index contributed by atoms with van der Waals surface area (Å²) in [5, 5.41) is 1.68. The summed E-state index contributed by atoms with van der Waals surface area (Å²) in [5.41, 5.74) is 1.86. The van der Waals surface area contributed by atoms with Gasteiger partial charge >= 0.3 is 0 Å². The van der Waals surface area contributed by atoms with Crippen molar-refractivity contribution in [3.8, 4) is 11.1 Å². The number of para-hydroxylation sites is 1. The number of hydrogen-bond acceptors (Lipinski definition) is 2. The van der Waals surface area contributed by atoms with Gasteiger partial charge in [0.15, 0.2) is 0 Å². The molecule has 130 valence electrons. The molecule has 0 saturated heterocycles. The summed E-state index contributed by atoms with van der Waals surface area (Å²) in [6, 6.07) is 20.3. The molecule has 1 N–H and O–H groups in total. The Morgan fingerprint density at radius 1 is 0.741 bits per heavy atom. The fraction of sp³-hybridized carbons (Fsp3) is 0. The summed E-state index contributed by atoms with van der Waals surface area (Å²) >= 11 is 0. The number of nitrogens with one attached hydrogen (secondary N) is 1. The summed E-state index contributed by atoms with van der Waals surface area (Å²) in [4.78, 5) is 28.7. The second-order valence-electron chi connectivity index (χ2n) is 6.39. The van der Waals surface area contributed by atoms with Crippen LogP contribution in [-0.2, 0) is 0 Å². The Bertz CT molecular complexity index is 1460.